The van der Waals surface area contributed by atoms with Crippen LogP contribution in [0.4, 0.5) is 0 Å². The third-order valence-corrected chi connectivity index (χ3v) is 6.47. The number of amides is 2. The maximum atomic E-state index is 13.2. The summed E-state index contributed by atoms with van der Waals surface area (Å²) in [7, 11) is 1.62. The van der Waals surface area contributed by atoms with Crippen molar-refractivity contribution in [1.29, 1.82) is 0 Å². The summed E-state index contributed by atoms with van der Waals surface area (Å²) in [5, 5.41) is 3.24. The van der Waals surface area contributed by atoms with Crippen molar-refractivity contribution in [2.75, 3.05) is 7.11 Å². The Morgan fingerprint density at radius 3 is 2.67 bits per heavy atom. The van der Waals surface area contributed by atoms with Crippen LogP contribution >= 0.6 is 15.9 Å². The first-order valence-electron chi connectivity index (χ1n) is 9.88. The van der Waals surface area contributed by atoms with Crippen LogP contribution in [-0.4, -0.2) is 35.4 Å². The minimum atomic E-state index is -0.809. The zero-order valence-corrected chi connectivity index (χ0v) is 17.8. The summed E-state index contributed by atoms with van der Waals surface area (Å²) >= 11 is 3.48. The van der Waals surface area contributed by atoms with E-state index >= 15 is 0 Å². The van der Waals surface area contributed by atoms with Crippen LogP contribution in [0.25, 0.3) is 0 Å². The van der Waals surface area contributed by atoms with Gasteiger partial charge in [0.05, 0.1) is 13.7 Å². The summed E-state index contributed by atoms with van der Waals surface area (Å²) in [6.45, 7) is 2.27. The van der Waals surface area contributed by atoms with E-state index in [0.717, 1.165) is 28.6 Å². The van der Waals surface area contributed by atoms with Gasteiger partial charge in [0.1, 0.15) is 11.3 Å². The molecule has 1 N–H and O–H groups in total. The SMILES string of the molecule is COc1ccc(Br)cc1CN1C(=O)CC[C@]1(C)C(=O)NC1CCCCCC1. The lowest BCUT2D eigenvalue weighted by atomic mass is 9.95. The van der Waals surface area contributed by atoms with Crippen molar-refractivity contribution in [3.05, 3.63) is 28.2 Å². The van der Waals surface area contributed by atoms with Crippen molar-refractivity contribution in [3.8, 4) is 5.75 Å². The van der Waals surface area contributed by atoms with Gasteiger partial charge in [0.25, 0.3) is 0 Å². The first kappa shape index (κ1) is 20.2. The van der Waals surface area contributed by atoms with Crippen LogP contribution in [-0.2, 0) is 16.1 Å². The molecular weight excluding hydrogens is 408 g/mol. The van der Waals surface area contributed by atoms with Crippen LogP contribution in [0.3, 0.4) is 0 Å². The second kappa shape index (κ2) is 8.63. The maximum absolute atomic E-state index is 13.2. The van der Waals surface area contributed by atoms with Gasteiger partial charge in [-0.3, -0.25) is 9.59 Å². The molecule has 0 radical (unpaired) electrons. The molecule has 2 fully saturated rings. The second-order valence-electron chi connectivity index (χ2n) is 7.87. The number of ether oxygens (including phenoxy) is 1. The van der Waals surface area contributed by atoms with E-state index in [2.05, 4.69) is 21.2 Å². The topological polar surface area (TPSA) is 58.6 Å². The zero-order valence-electron chi connectivity index (χ0n) is 16.2. The average molecular weight is 437 g/mol. The molecule has 1 aromatic carbocycles. The van der Waals surface area contributed by atoms with Crippen LogP contribution in [0.1, 0.15) is 63.9 Å². The Bertz CT molecular complexity index is 701. The highest BCUT2D eigenvalue weighted by atomic mass is 79.9. The third-order valence-electron chi connectivity index (χ3n) is 5.97. The second-order valence-corrected chi connectivity index (χ2v) is 8.79. The molecule has 2 amide bonds. The highest BCUT2D eigenvalue weighted by Crippen LogP contribution is 2.35. The lowest BCUT2D eigenvalue weighted by molar-refractivity contribution is -0.141. The fourth-order valence-corrected chi connectivity index (χ4v) is 4.61. The van der Waals surface area contributed by atoms with Crippen LogP contribution in [0.15, 0.2) is 22.7 Å². The third kappa shape index (κ3) is 4.48. The fourth-order valence-electron chi connectivity index (χ4n) is 4.20. The molecule has 1 saturated carbocycles. The number of nitrogens with one attached hydrogen (secondary N) is 1. The van der Waals surface area contributed by atoms with Gasteiger partial charge in [-0.05, 0) is 44.4 Å². The minimum absolute atomic E-state index is 0.0192. The lowest BCUT2D eigenvalue weighted by Gasteiger charge is -2.35. The van der Waals surface area contributed by atoms with Crippen molar-refractivity contribution < 1.29 is 14.3 Å². The van der Waals surface area contributed by atoms with E-state index in [0.29, 0.717) is 19.4 Å². The van der Waals surface area contributed by atoms with E-state index in [9.17, 15) is 9.59 Å². The number of methoxy groups -OCH3 is 1. The van der Waals surface area contributed by atoms with E-state index < -0.39 is 5.54 Å². The van der Waals surface area contributed by atoms with E-state index in [-0.39, 0.29) is 17.9 Å². The van der Waals surface area contributed by atoms with E-state index in [1.54, 1.807) is 12.0 Å². The number of carbonyl (C=O) groups is 2. The molecule has 148 valence electrons. The van der Waals surface area contributed by atoms with E-state index in [1.807, 2.05) is 25.1 Å². The maximum Gasteiger partial charge on any atom is 0.245 e. The van der Waals surface area contributed by atoms with Gasteiger partial charge in [-0.15, -0.1) is 0 Å². The summed E-state index contributed by atoms with van der Waals surface area (Å²) < 4.78 is 6.38. The largest absolute Gasteiger partial charge is 0.496 e. The average Bonchev–Trinajstić information content (AvgIpc) is 2.82. The number of halogens is 1. The number of nitrogens with zero attached hydrogens (tertiary/aromatic N) is 1. The zero-order chi connectivity index (χ0) is 19.4. The summed E-state index contributed by atoms with van der Waals surface area (Å²) in [4.78, 5) is 27.5. The highest BCUT2D eigenvalue weighted by molar-refractivity contribution is 9.10. The van der Waals surface area contributed by atoms with Gasteiger partial charge in [-0.2, -0.15) is 0 Å². The van der Waals surface area contributed by atoms with Gasteiger partial charge in [0.2, 0.25) is 11.8 Å². The number of likely N-dealkylation sites (tertiary alicyclic amines) is 1. The summed E-state index contributed by atoms with van der Waals surface area (Å²) in [5.74, 6) is 0.731. The molecule has 0 bridgehead atoms. The molecular formula is C21H29BrN2O3. The normalized spacial score (nSPS) is 24.0. The molecule has 27 heavy (non-hydrogen) atoms. The Kier molecular flexibility index (Phi) is 6.45. The number of carbonyl (C=O) groups excluding carboxylic acids is 2. The molecule has 1 atom stereocenters. The molecule has 0 spiro atoms. The number of hydrogen-bond acceptors (Lipinski definition) is 3. The molecule has 3 rings (SSSR count). The van der Waals surface area contributed by atoms with Crippen molar-refractivity contribution in [3.63, 3.8) is 0 Å². The first-order valence-corrected chi connectivity index (χ1v) is 10.7. The molecule has 1 aromatic rings. The van der Waals surface area contributed by atoms with Crippen LogP contribution in [0.2, 0.25) is 0 Å². The summed E-state index contributed by atoms with van der Waals surface area (Å²) in [6, 6.07) is 5.97. The van der Waals surface area contributed by atoms with Crippen molar-refractivity contribution in [2.24, 2.45) is 0 Å². The van der Waals surface area contributed by atoms with Gasteiger partial charge < -0.3 is 15.0 Å². The molecule has 5 nitrogen and oxygen atoms in total. The fraction of sp³-hybridized carbons (Fsp3) is 0.619. The Morgan fingerprint density at radius 1 is 1.30 bits per heavy atom. The standard InChI is InChI=1S/C21H29BrN2O3/c1-21(20(26)23-17-7-5-3-4-6-8-17)12-11-19(25)24(21)14-15-13-16(22)9-10-18(15)27-2/h9-10,13,17H,3-8,11-12,14H2,1-2H3,(H,23,26)/t21-/m1/s1. The van der Waals surface area contributed by atoms with Crippen molar-refractivity contribution in [2.45, 2.75) is 76.4 Å². The molecule has 1 aliphatic heterocycles. The van der Waals surface area contributed by atoms with Crippen molar-refractivity contribution >= 4 is 27.7 Å². The first-order chi connectivity index (χ1) is 12.9. The van der Waals surface area contributed by atoms with Crippen molar-refractivity contribution in [1.82, 2.24) is 10.2 Å². The Labute approximate surface area is 170 Å². The molecule has 0 unspecified atom stereocenters. The van der Waals surface area contributed by atoms with Crippen LogP contribution < -0.4 is 10.1 Å². The van der Waals surface area contributed by atoms with E-state index in [1.165, 1.54) is 25.7 Å². The quantitative estimate of drug-likeness (QED) is 0.704. The summed E-state index contributed by atoms with van der Waals surface area (Å²) in [5.41, 5.74) is 0.0899. The number of hydrogen-bond donors (Lipinski definition) is 1. The molecule has 1 heterocycles. The minimum Gasteiger partial charge on any atom is -0.496 e. The Balaban J connectivity index is 1.78. The predicted molar refractivity (Wildman–Crippen MR) is 109 cm³/mol. The Morgan fingerprint density at radius 2 is 2.00 bits per heavy atom. The van der Waals surface area contributed by atoms with E-state index in [4.69, 9.17) is 4.74 Å². The molecule has 1 aliphatic carbocycles. The van der Waals surface area contributed by atoms with Gasteiger partial charge in [-0.25, -0.2) is 0 Å². The molecule has 1 saturated heterocycles. The van der Waals surface area contributed by atoms with Gasteiger partial charge in [0.15, 0.2) is 0 Å². The molecule has 2 aliphatic rings. The van der Waals surface area contributed by atoms with Crippen LogP contribution in [0.5, 0.6) is 5.75 Å². The van der Waals surface area contributed by atoms with Gasteiger partial charge >= 0.3 is 0 Å². The number of rotatable bonds is 5. The predicted octanol–water partition coefficient (Wildman–Crippen LogP) is 4.18. The highest BCUT2D eigenvalue weighted by Gasteiger charge is 2.47. The van der Waals surface area contributed by atoms with Gasteiger partial charge in [0, 0.05) is 22.5 Å². The molecule has 6 heteroatoms. The van der Waals surface area contributed by atoms with Gasteiger partial charge in [-0.1, -0.05) is 41.6 Å². The van der Waals surface area contributed by atoms with Crippen LogP contribution in [0, 0.1) is 0 Å². The smallest absolute Gasteiger partial charge is 0.245 e. The number of benzene rings is 1. The monoisotopic (exact) mass is 436 g/mol. The molecule has 0 aromatic heterocycles. The summed E-state index contributed by atoms with van der Waals surface area (Å²) in [6.07, 6.45) is 7.86. The lowest BCUT2D eigenvalue weighted by Crippen LogP contribution is -2.56. The Hall–Kier alpha value is -1.56.